The number of pyridine rings is 2. The van der Waals surface area contributed by atoms with E-state index in [4.69, 9.17) is 4.74 Å². The first kappa shape index (κ1) is 20.8. The monoisotopic (exact) mass is 477 g/mol. The molecule has 2 aromatic carbocycles. The van der Waals surface area contributed by atoms with Crippen LogP contribution in [0, 0.1) is 6.92 Å². The second-order valence-electron chi connectivity index (χ2n) is 7.20. The number of benzene rings is 2. The number of ether oxygens (including phenoxy) is 1. The molecule has 0 saturated carbocycles. The van der Waals surface area contributed by atoms with E-state index in [0.29, 0.717) is 32.6 Å². The maximum Gasteiger partial charge on any atom is 0.260 e. The highest BCUT2D eigenvalue weighted by Gasteiger charge is 2.20. The van der Waals surface area contributed by atoms with Gasteiger partial charge in [-0.25, -0.2) is 0 Å². The van der Waals surface area contributed by atoms with Gasteiger partial charge in [0.2, 0.25) is 0 Å². The fourth-order valence-electron chi connectivity index (χ4n) is 3.41. The number of nitrogens with zero attached hydrogens (tertiary/aromatic N) is 2. The van der Waals surface area contributed by atoms with Crippen molar-refractivity contribution in [1.29, 1.82) is 0 Å². The van der Waals surface area contributed by atoms with Crippen LogP contribution in [-0.2, 0) is 6.54 Å². The number of nitrogens with one attached hydrogen (secondary N) is 1. The summed E-state index contributed by atoms with van der Waals surface area (Å²) in [6, 6.07) is 16.6. The Bertz CT molecular complexity index is 1330. The van der Waals surface area contributed by atoms with Gasteiger partial charge in [0.1, 0.15) is 5.75 Å². The standard InChI is InChI=1S/C24H20BrN3O3/c1-15-4-3-5-20(8-15)28(24(30)17-10-19(25)13-26-12-17)14-18-9-16-11-21(31-2)6-7-22(16)27-23(18)29/h3-13H,14H2,1-2H3,(H,27,29). The summed E-state index contributed by atoms with van der Waals surface area (Å²) in [4.78, 5) is 34.8. The Morgan fingerprint density at radius 1 is 1.13 bits per heavy atom. The lowest BCUT2D eigenvalue weighted by atomic mass is 10.1. The van der Waals surface area contributed by atoms with Crippen molar-refractivity contribution in [3.05, 3.63) is 98.5 Å². The lowest BCUT2D eigenvalue weighted by molar-refractivity contribution is 0.0984. The van der Waals surface area contributed by atoms with Gasteiger partial charge in [0.25, 0.3) is 11.5 Å². The number of methoxy groups -OCH3 is 1. The maximum absolute atomic E-state index is 13.4. The average Bonchev–Trinajstić information content (AvgIpc) is 2.77. The van der Waals surface area contributed by atoms with E-state index in [0.717, 1.165) is 10.9 Å². The quantitative estimate of drug-likeness (QED) is 0.445. The number of halogens is 1. The smallest absolute Gasteiger partial charge is 0.260 e. The van der Waals surface area contributed by atoms with Crippen LogP contribution in [0.4, 0.5) is 5.69 Å². The fraction of sp³-hybridized carbons (Fsp3) is 0.125. The third kappa shape index (κ3) is 4.51. The molecule has 156 valence electrons. The third-order valence-electron chi connectivity index (χ3n) is 4.97. The lowest BCUT2D eigenvalue weighted by Gasteiger charge is -2.23. The molecule has 1 N–H and O–H groups in total. The van der Waals surface area contributed by atoms with E-state index in [1.807, 2.05) is 37.3 Å². The number of aromatic nitrogens is 2. The normalized spacial score (nSPS) is 10.8. The van der Waals surface area contributed by atoms with E-state index in [2.05, 4.69) is 25.9 Å². The number of aryl methyl sites for hydroxylation is 1. The van der Waals surface area contributed by atoms with E-state index >= 15 is 0 Å². The first-order chi connectivity index (χ1) is 14.9. The number of H-pyrrole nitrogens is 1. The van der Waals surface area contributed by atoms with E-state index in [1.165, 1.54) is 6.20 Å². The zero-order valence-corrected chi connectivity index (χ0v) is 18.6. The Morgan fingerprint density at radius 2 is 1.97 bits per heavy atom. The van der Waals surface area contributed by atoms with E-state index < -0.39 is 0 Å². The molecule has 2 heterocycles. The largest absolute Gasteiger partial charge is 0.497 e. The SMILES string of the molecule is COc1ccc2[nH]c(=O)c(CN(C(=O)c3cncc(Br)c3)c3cccc(C)c3)cc2c1. The number of anilines is 1. The molecule has 1 amide bonds. The molecule has 0 atom stereocenters. The van der Waals surface area contributed by atoms with Crippen LogP contribution in [0.5, 0.6) is 5.75 Å². The molecule has 6 nitrogen and oxygen atoms in total. The van der Waals surface area contributed by atoms with Crippen LogP contribution in [0.2, 0.25) is 0 Å². The molecule has 2 aromatic heterocycles. The van der Waals surface area contributed by atoms with Crippen LogP contribution in [0.3, 0.4) is 0 Å². The maximum atomic E-state index is 13.4. The van der Waals surface area contributed by atoms with Crippen molar-refractivity contribution >= 4 is 38.4 Å². The molecule has 0 saturated heterocycles. The summed E-state index contributed by atoms with van der Waals surface area (Å²) in [5.41, 5.74) is 3.08. The number of amides is 1. The van der Waals surface area contributed by atoms with Gasteiger partial charge in [0.05, 0.1) is 19.2 Å². The molecule has 31 heavy (non-hydrogen) atoms. The summed E-state index contributed by atoms with van der Waals surface area (Å²) >= 11 is 3.37. The number of rotatable bonds is 5. The molecule has 0 spiro atoms. The summed E-state index contributed by atoms with van der Waals surface area (Å²) in [5.74, 6) is 0.446. The van der Waals surface area contributed by atoms with Gasteiger partial charge in [-0.15, -0.1) is 0 Å². The average molecular weight is 478 g/mol. The highest BCUT2D eigenvalue weighted by Crippen LogP contribution is 2.24. The first-order valence-electron chi connectivity index (χ1n) is 9.63. The molecule has 0 radical (unpaired) electrons. The number of fused-ring (bicyclic) bond motifs is 1. The van der Waals surface area contributed by atoms with Crippen molar-refractivity contribution in [2.75, 3.05) is 12.0 Å². The molecule has 0 unspecified atom stereocenters. The van der Waals surface area contributed by atoms with Gasteiger partial charge in [-0.05, 0) is 70.9 Å². The van der Waals surface area contributed by atoms with Gasteiger partial charge < -0.3 is 14.6 Å². The molecule has 0 bridgehead atoms. The van der Waals surface area contributed by atoms with Crippen molar-refractivity contribution in [2.45, 2.75) is 13.5 Å². The van der Waals surface area contributed by atoms with E-state index in [9.17, 15) is 9.59 Å². The van der Waals surface area contributed by atoms with Crippen molar-refractivity contribution in [3.8, 4) is 5.75 Å². The number of carbonyl (C=O) groups is 1. The van der Waals surface area contributed by atoms with E-state index in [-0.39, 0.29) is 18.0 Å². The highest BCUT2D eigenvalue weighted by atomic mass is 79.9. The summed E-state index contributed by atoms with van der Waals surface area (Å²) in [5, 5.41) is 0.828. The predicted molar refractivity (Wildman–Crippen MR) is 125 cm³/mol. The first-order valence-corrected chi connectivity index (χ1v) is 10.4. The second-order valence-corrected chi connectivity index (χ2v) is 8.11. The Morgan fingerprint density at radius 3 is 2.71 bits per heavy atom. The molecule has 0 aliphatic heterocycles. The molecule has 4 aromatic rings. The molecule has 4 rings (SSSR count). The van der Waals surface area contributed by atoms with Crippen molar-refractivity contribution in [3.63, 3.8) is 0 Å². The Hall–Kier alpha value is -3.45. The van der Waals surface area contributed by atoms with Crippen LogP contribution in [0.1, 0.15) is 21.5 Å². The molecular weight excluding hydrogens is 458 g/mol. The molecule has 0 aliphatic carbocycles. The number of aromatic amines is 1. The molecular formula is C24H20BrN3O3. The zero-order chi connectivity index (χ0) is 22.0. The summed E-state index contributed by atoms with van der Waals surface area (Å²) < 4.78 is 6.00. The Balaban J connectivity index is 1.80. The van der Waals surface area contributed by atoms with Crippen LogP contribution in [0.25, 0.3) is 10.9 Å². The zero-order valence-electron chi connectivity index (χ0n) is 17.1. The highest BCUT2D eigenvalue weighted by molar-refractivity contribution is 9.10. The number of hydrogen-bond donors (Lipinski definition) is 1. The minimum atomic E-state index is -0.246. The predicted octanol–water partition coefficient (Wildman–Crippen LogP) is 4.85. The Kier molecular flexibility index (Phi) is 5.86. The molecule has 0 aliphatic rings. The van der Waals surface area contributed by atoms with Gasteiger partial charge in [-0.3, -0.25) is 14.6 Å². The van der Waals surface area contributed by atoms with Crippen LogP contribution >= 0.6 is 15.9 Å². The third-order valence-corrected chi connectivity index (χ3v) is 5.40. The topological polar surface area (TPSA) is 75.3 Å². The van der Waals surface area contributed by atoms with E-state index in [1.54, 1.807) is 42.5 Å². The summed E-state index contributed by atoms with van der Waals surface area (Å²) in [6.07, 6.45) is 3.14. The van der Waals surface area contributed by atoms with Gasteiger partial charge in [-0.2, -0.15) is 0 Å². The lowest BCUT2D eigenvalue weighted by Crippen LogP contribution is -2.33. The molecule has 0 fully saturated rings. The van der Waals surface area contributed by atoms with Gasteiger partial charge in [-0.1, -0.05) is 12.1 Å². The minimum Gasteiger partial charge on any atom is -0.497 e. The van der Waals surface area contributed by atoms with Crippen molar-refractivity contribution in [1.82, 2.24) is 9.97 Å². The number of hydrogen-bond acceptors (Lipinski definition) is 4. The van der Waals surface area contributed by atoms with Gasteiger partial charge in [0.15, 0.2) is 0 Å². The second kappa shape index (κ2) is 8.73. The van der Waals surface area contributed by atoms with Gasteiger partial charge >= 0.3 is 0 Å². The number of carbonyl (C=O) groups excluding carboxylic acids is 1. The van der Waals surface area contributed by atoms with Crippen LogP contribution < -0.4 is 15.2 Å². The van der Waals surface area contributed by atoms with Gasteiger partial charge in [0, 0.05) is 39.0 Å². The van der Waals surface area contributed by atoms with Crippen LogP contribution in [0.15, 0.2) is 76.3 Å². The minimum absolute atomic E-state index is 0.108. The van der Waals surface area contributed by atoms with Crippen molar-refractivity contribution in [2.24, 2.45) is 0 Å². The van der Waals surface area contributed by atoms with Crippen LogP contribution in [-0.4, -0.2) is 23.0 Å². The molecule has 7 heteroatoms. The Labute approximate surface area is 187 Å². The fourth-order valence-corrected chi connectivity index (χ4v) is 3.77. The summed E-state index contributed by atoms with van der Waals surface area (Å²) in [6.45, 7) is 2.07. The van der Waals surface area contributed by atoms with Crippen molar-refractivity contribution < 1.29 is 9.53 Å². The summed E-state index contributed by atoms with van der Waals surface area (Å²) in [7, 11) is 1.60.